The molecule has 3 heterocycles. The van der Waals surface area contributed by atoms with Crippen LogP contribution >= 0.6 is 11.6 Å². The lowest BCUT2D eigenvalue weighted by atomic mass is 9.89. The first-order valence-corrected chi connectivity index (χ1v) is 11.6. The predicted molar refractivity (Wildman–Crippen MR) is 123 cm³/mol. The number of likely N-dealkylation sites (tertiary alicyclic amines) is 1. The summed E-state index contributed by atoms with van der Waals surface area (Å²) in [5, 5.41) is 0.668. The third kappa shape index (κ3) is 4.08. The topological polar surface area (TPSA) is 47.1 Å². The summed E-state index contributed by atoms with van der Waals surface area (Å²) in [4.78, 5) is 35.4. The number of carbonyl (C=O) groups is 2. The zero-order valence-corrected chi connectivity index (χ0v) is 19.7. The fourth-order valence-electron chi connectivity index (χ4n) is 5.13. The van der Waals surface area contributed by atoms with Crippen molar-refractivity contribution < 1.29 is 9.59 Å². The molecule has 0 N–H and O–H groups in total. The monoisotopic (exact) mass is 444 g/mol. The summed E-state index contributed by atoms with van der Waals surface area (Å²) in [6.07, 6.45) is 4.02. The number of piperazine rings is 1. The maximum atomic E-state index is 13.8. The Morgan fingerprint density at radius 3 is 2.52 bits per heavy atom. The smallest absolute Gasteiger partial charge is 0.250 e. The summed E-state index contributed by atoms with van der Waals surface area (Å²) in [5.41, 5.74) is 1.46. The summed E-state index contributed by atoms with van der Waals surface area (Å²) in [7, 11) is 2.12. The van der Waals surface area contributed by atoms with Crippen LogP contribution in [0.1, 0.15) is 39.2 Å². The summed E-state index contributed by atoms with van der Waals surface area (Å²) in [5.74, 6) is 0.118. The number of hydrogen-bond donors (Lipinski definition) is 0. The lowest BCUT2D eigenvalue weighted by Crippen LogP contribution is -2.69. The lowest BCUT2D eigenvalue weighted by Gasteiger charge is -2.49. The summed E-state index contributed by atoms with van der Waals surface area (Å²) in [6.45, 7) is 9.12. The van der Waals surface area contributed by atoms with Crippen molar-refractivity contribution in [2.75, 3.05) is 33.2 Å². The van der Waals surface area contributed by atoms with Crippen molar-refractivity contribution in [3.63, 3.8) is 0 Å². The van der Waals surface area contributed by atoms with Gasteiger partial charge in [0, 0.05) is 56.0 Å². The van der Waals surface area contributed by atoms with Crippen molar-refractivity contribution in [3.8, 4) is 0 Å². The maximum absolute atomic E-state index is 13.8. The normalized spacial score (nSPS) is 27.6. The number of amides is 2. The first kappa shape index (κ1) is 22.2. The fourth-order valence-corrected chi connectivity index (χ4v) is 5.26. The Morgan fingerprint density at radius 1 is 1.16 bits per heavy atom. The second-order valence-electron chi connectivity index (χ2n) is 9.47. The molecule has 0 saturated carbocycles. The average molecular weight is 445 g/mol. The third-order valence-electron chi connectivity index (χ3n) is 7.20. The van der Waals surface area contributed by atoms with E-state index in [0.717, 1.165) is 25.1 Å². The molecule has 6 nitrogen and oxygen atoms in total. The van der Waals surface area contributed by atoms with E-state index >= 15 is 0 Å². The first-order valence-electron chi connectivity index (χ1n) is 11.2. The van der Waals surface area contributed by atoms with Gasteiger partial charge >= 0.3 is 0 Å². The van der Waals surface area contributed by atoms with Gasteiger partial charge in [-0.05, 0) is 57.4 Å². The number of halogens is 1. The Kier molecular flexibility index (Phi) is 6.05. The van der Waals surface area contributed by atoms with Gasteiger partial charge in [-0.25, -0.2) is 0 Å². The van der Waals surface area contributed by atoms with Gasteiger partial charge in [-0.1, -0.05) is 23.7 Å². The van der Waals surface area contributed by atoms with Crippen LogP contribution in [0.2, 0.25) is 5.02 Å². The Hall–Kier alpha value is -2.05. The number of carbonyl (C=O) groups excluding carboxylic acids is 2. The molecular formula is C24H33ClN4O2. The molecular weight excluding hydrogens is 412 g/mol. The average Bonchev–Trinajstić information content (AvgIpc) is 3.17. The van der Waals surface area contributed by atoms with E-state index in [2.05, 4.69) is 29.8 Å². The van der Waals surface area contributed by atoms with Crippen molar-refractivity contribution in [2.24, 2.45) is 0 Å². The van der Waals surface area contributed by atoms with E-state index in [9.17, 15) is 9.59 Å². The molecule has 3 aliphatic heterocycles. The van der Waals surface area contributed by atoms with E-state index in [1.54, 1.807) is 4.90 Å². The van der Waals surface area contributed by atoms with Crippen molar-refractivity contribution in [2.45, 2.75) is 57.8 Å². The number of rotatable bonds is 4. The van der Waals surface area contributed by atoms with Crippen LogP contribution in [0.15, 0.2) is 36.0 Å². The highest BCUT2D eigenvalue weighted by Crippen LogP contribution is 2.37. The SMILES string of the molecule is CC1=CC(N2CCC3(C2)C(=O)N(C(C)C)CC(=O)N3Cc2ccc(Cl)cc2)CCN1C. The van der Waals surface area contributed by atoms with Crippen LogP contribution in [0, 0.1) is 0 Å². The molecule has 1 aromatic carbocycles. The van der Waals surface area contributed by atoms with Gasteiger partial charge in [0.15, 0.2) is 0 Å². The molecule has 31 heavy (non-hydrogen) atoms. The van der Waals surface area contributed by atoms with Crippen molar-refractivity contribution in [3.05, 3.63) is 46.6 Å². The molecule has 3 aliphatic rings. The van der Waals surface area contributed by atoms with Crippen LogP contribution in [-0.4, -0.2) is 82.3 Å². The molecule has 2 fully saturated rings. The van der Waals surface area contributed by atoms with E-state index in [4.69, 9.17) is 11.6 Å². The highest BCUT2D eigenvalue weighted by Gasteiger charge is 2.56. The molecule has 1 spiro atoms. The second-order valence-corrected chi connectivity index (χ2v) is 9.91. The predicted octanol–water partition coefficient (Wildman–Crippen LogP) is 2.97. The Balaban J connectivity index is 1.65. The largest absolute Gasteiger partial charge is 0.378 e. The minimum atomic E-state index is -0.801. The minimum Gasteiger partial charge on any atom is -0.378 e. The molecule has 168 valence electrons. The quantitative estimate of drug-likeness (QED) is 0.716. The summed E-state index contributed by atoms with van der Waals surface area (Å²) >= 11 is 6.05. The fraction of sp³-hybridized carbons (Fsp3) is 0.583. The lowest BCUT2D eigenvalue weighted by molar-refractivity contribution is -0.167. The molecule has 4 rings (SSSR count). The molecule has 0 radical (unpaired) electrons. The number of allylic oxidation sites excluding steroid dienone is 1. The first-order chi connectivity index (χ1) is 14.7. The van der Waals surface area contributed by atoms with Crippen LogP contribution in [0.3, 0.4) is 0 Å². The van der Waals surface area contributed by atoms with Crippen LogP contribution in [0.5, 0.6) is 0 Å². The van der Waals surface area contributed by atoms with Gasteiger partial charge in [0.1, 0.15) is 12.1 Å². The van der Waals surface area contributed by atoms with Crippen molar-refractivity contribution in [1.29, 1.82) is 0 Å². The minimum absolute atomic E-state index is 0.00512. The van der Waals surface area contributed by atoms with E-state index in [1.807, 2.05) is 43.0 Å². The molecule has 0 bridgehead atoms. The molecule has 2 amide bonds. The van der Waals surface area contributed by atoms with E-state index in [1.165, 1.54) is 5.70 Å². The Bertz CT molecular complexity index is 884. The van der Waals surface area contributed by atoms with Gasteiger partial charge in [-0.2, -0.15) is 0 Å². The van der Waals surface area contributed by atoms with Crippen LogP contribution < -0.4 is 0 Å². The van der Waals surface area contributed by atoms with Crippen molar-refractivity contribution in [1.82, 2.24) is 19.6 Å². The number of hydrogen-bond acceptors (Lipinski definition) is 4. The zero-order chi connectivity index (χ0) is 22.3. The molecule has 0 aliphatic carbocycles. The van der Waals surface area contributed by atoms with E-state index in [-0.39, 0.29) is 24.4 Å². The maximum Gasteiger partial charge on any atom is 0.250 e. The molecule has 2 atom stereocenters. The highest BCUT2D eigenvalue weighted by molar-refractivity contribution is 6.30. The number of benzene rings is 1. The van der Waals surface area contributed by atoms with Gasteiger partial charge in [0.2, 0.25) is 5.91 Å². The van der Waals surface area contributed by atoms with E-state index < -0.39 is 5.54 Å². The van der Waals surface area contributed by atoms with Crippen LogP contribution in [0.25, 0.3) is 0 Å². The van der Waals surface area contributed by atoms with Crippen LogP contribution in [0.4, 0.5) is 0 Å². The highest BCUT2D eigenvalue weighted by atomic mass is 35.5. The van der Waals surface area contributed by atoms with Gasteiger partial charge in [-0.3, -0.25) is 14.5 Å². The van der Waals surface area contributed by atoms with Gasteiger partial charge in [0.05, 0.1) is 0 Å². The second kappa shape index (κ2) is 8.47. The molecule has 7 heteroatoms. The van der Waals surface area contributed by atoms with Gasteiger partial charge in [-0.15, -0.1) is 0 Å². The van der Waals surface area contributed by atoms with E-state index in [0.29, 0.717) is 30.6 Å². The summed E-state index contributed by atoms with van der Waals surface area (Å²) < 4.78 is 0. The molecule has 2 saturated heterocycles. The molecule has 0 aromatic heterocycles. The Labute approximate surface area is 190 Å². The van der Waals surface area contributed by atoms with Gasteiger partial charge < -0.3 is 14.7 Å². The summed E-state index contributed by atoms with van der Waals surface area (Å²) in [6, 6.07) is 7.88. The molecule has 1 aromatic rings. The standard InChI is InChI=1S/C24H33ClN4O2/c1-17(2)28-15-22(30)29(14-19-5-7-20(25)8-6-19)24(23(28)31)10-12-27(16-24)21-9-11-26(4)18(3)13-21/h5-8,13,17,21H,9-12,14-16H2,1-4H3. The van der Waals surface area contributed by atoms with Gasteiger partial charge in [0.25, 0.3) is 5.91 Å². The number of nitrogens with zero attached hydrogens (tertiary/aromatic N) is 4. The molecule has 2 unspecified atom stereocenters. The van der Waals surface area contributed by atoms with Crippen LogP contribution in [-0.2, 0) is 16.1 Å². The Morgan fingerprint density at radius 2 is 1.87 bits per heavy atom. The van der Waals surface area contributed by atoms with Crippen molar-refractivity contribution >= 4 is 23.4 Å². The third-order valence-corrected chi connectivity index (χ3v) is 7.45. The zero-order valence-electron chi connectivity index (χ0n) is 19.0.